The van der Waals surface area contributed by atoms with Crippen LogP contribution in [0.2, 0.25) is 0 Å². The van der Waals surface area contributed by atoms with E-state index in [0.717, 1.165) is 3.79 Å². The number of carbonyl (C=O) groups excluding carboxylic acids is 3. The molecule has 0 aliphatic heterocycles. The number of amides is 2. The Kier molecular flexibility index (Phi) is 7.38. The smallest absolute Gasteiger partial charge is 0.305 e. The van der Waals surface area contributed by atoms with Crippen molar-refractivity contribution in [3.63, 3.8) is 0 Å². The third-order valence-corrected chi connectivity index (χ3v) is 4.24. The normalized spacial score (nSPS) is 11.6. The van der Waals surface area contributed by atoms with Crippen LogP contribution in [-0.4, -0.2) is 37.5 Å². The highest BCUT2D eigenvalue weighted by atomic mass is 79.9. The van der Waals surface area contributed by atoms with Gasteiger partial charge in [0.05, 0.1) is 15.8 Å². The Morgan fingerprint density at radius 1 is 1.38 bits per heavy atom. The summed E-state index contributed by atoms with van der Waals surface area (Å²) in [5, 5.41) is 5.27. The van der Waals surface area contributed by atoms with E-state index in [4.69, 9.17) is 0 Å². The Hall–Kier alpha value is -1.41. The van der Waals surface area contributed by atoms with Crippen LogP contribution in [0.15, 0.2) is 15.9 Å². The molecule has 1 heterocycles. The van der Waals surface area contributed by atoms with Gasteiger partial charge in [-0.15, -0.1) is 11.3 Å². The minimum atomic E-state index is -0.642. The quantitative estimate of drug-likeness (QED) is 0.560. The molecule has 0 aliphatic rings. The number of thiophene rings is 1. The first-order chi connectivity index (χ1) is 9.93. The van der Waals surface area contributed by atoms with E-state index >= 15 is 0 Å². The Bertz CT molecular complexity index is 518. The van der Waals surface area contributed by atoms with E-state index in [-0.39, 0.29) is 24.2 Å². The van der Waals surface area contributed by atoms with E-state index in [1.807, 2.05) is 0 Å². The van der Waals surface area contributed by atoms with Gasteiger partial charge in [0.1, 0.15) is 6.04 Å². The van der Waals surface area contributed by atoms with Crippen LogP contribution < -0.4 is 10.6 Å². The van der Waals surface area contributed by atoms with E-state index in [1.54, 1.807) is 19.1 Å². The molecule has 0 aliphatic carbocycles. The molecule has 2 amide bonds. The zero-order chi connectivity index (χ0) is 15.8. The number of halogens is 1. The monoisotopic (exact) mass is 376 g/mol. The van der Waals surface area contributed by atoms with Crippen molar-refractivity contribution in [1.29, 1.82) is 0 Å². The summed E-state index contributed by atoms with van der Waals surface area (Å²) in [4.78, 5) is 35.1. The number of methoxy groups -OCH3 is 1. The fourth-order valence-corrected chi connectivity index (χ4v) is 2.76. The lowest BCUT2D eigenvalue weighted by Crippen LogP contribution is -2.44. The van der Waals surface area contributed by atoms with Crippen LogP contribution in [0.3, 0.4) is 0 Å². The van der Waals surface area contributed by atoms with Crippen LogP contribution in [0.25, 0.3) is 0 Å². The lowest BCUT2D eigenvalue weighted by atomic mass is 10.2. The summed E-state index contributed by atoms with van der Waals surface area (Å²) in [6.45, 7) is 1.97. The molecular weight excluding hydrogens is 360 g/mol. The Balaban J connectivity index is 2.31. The molecule has 0 saturated heterocycles. The Morgan fingerprint density at radius 2 is 2.10 bits per heavy atom. The number of ether oxygens (including phenoxy) is 1. The number of nitrogens with one attached hydrogen (secondary N) is 2. The minimum absolute atomic E-state index is 0.251. The van der Waals surface area contributed by atoms with E-state index in [2.05, 4.69) is 31.3 Å². The van der Waals surface area contributed by atoms with Crippen molar-refractivity contribution in [2.45, 2.75) is 25.8 Å². The molecule has 1 rings (SSSR count). The van der Waals surface area contributed by atoms with Crippen LogP contribution in [0.1, 0.15) is 29.4 Å². The van der Waals surface area contributed by atoms with E-state index in [9.17, 15) is 14.4 Å². The number of rotatable bonds is 7. The summed E-state index contributed by atoms with van der Waals surface area (Å²) in [6.07, 6.45) is 0.748. The summed E-state index contributed by atoms with van der Waals surface area (Å²) in [7, 11) is 1.32. The standard InChI is InChI=1S/C13H17BrN2O4S/c1-8(12(18)15-7-3-4-11(17)20-2)16-13(19)9-5-6-10(14)21-9/h5-6,8H,3-4,7H2,1-2H3,(H,15,18)(H,16,19)/t8-/m0/s1. The molecule has 1 aromatic rings. The lowest BCUT2D eigenvalue weighted by Gasteiger charge is -2.13. The number of hydrogen-bond acceptors (Lipinski definition) is 5. The predicted octanol–water partition coefficient (Wildman–Crippen LogP) is 1.70. The fourth-order valence-electron chi connectivity index (χ4n) is 1.47. The van der Waals surface area contributed by atoms with Crippen LogP contribution in [-0.2, 0) is 14.3 Å². The summed E-state index contributed by atoms with van der Waals surface area (Å²) in [5.41, 5.74) is 0. The molecule has 0 fully saturated rings. The third-order valence-electron chi connectivity index (χ3n) is 2.62. The van der Waals surface area contributed by atoms with Crippen molar-refractivity contribution in [2.75, 3.05) is 13.7 Å². The maximum Gasteiger partial charge on any atom is 0.305 e. The van der Waals surface area contributed by atoms with Gasteiger partial charge in [0.15, 0.2) is 0 Å². The summed E-state index contributed by atoms with van der Waals surface area (Å²) in [5.74, 6) is -0.888. The van der Waals surface area contributed by atoms with Gasteiger partial charge in [-0.25, -0.2) is 0 Å². The highest BCUT2D eigenvalue weighted by Gasteiger charge is 2.17. The average molecular weight is 377 g/mol. The molecule has 8 heteroatoms. The molecule has 1 atom stereocenters. The van der Waals surface area contributed by atoms with Gasteiger partial charge in [-0.2, -0.15) is 0 Å². The largest absolute Gasteiger partial charge is 0.469 e. The van der Waals surface area contributed by atoms with Crippen LogP contribution in [0, 0.1) is 0 Å². The summed E-state index contributed by atoms with van der Waals surface area (Å²) in [6, 6.07) is 2.82. The lowest BCUT2D eigenvalue weighted by molar-refractivity contribution is -0.140. The van der Waals surface area contributed by atoms with Gasteiger partial charge < -0.3 is 15.4 Å². The van der Waals surface area contributed by atoms with Gasteiger partial charge in [0.2, 0.25) is 5.91 Å². The number of hydrogen-bond donors (Lipinski definition) is 2. The van der Waals surface area contributed by atoms with Crippen molar-refractivity contribution < 1.29 is 19.1 Å². The zero-order valence-electron chi connectivity index (χ0n) is 11.8. The second kappa shape index (κ2) is 8.78. The Labute approximate surface area is 135 Å². The summed E-state index contributed by atoms with van der Waals surface area (Å²) < 4.78 is 5.35. The molecule has 0 unspecified atom stereocenters. The third kappa shape index (κ3) is 6.26. The molecule has 2 N–H and O–H groups in total. The highest BCUT2D eigenvalue weighted by Crippen LogP contribution is 2.21. The second-order valence-corrected chi connectivity index (χ2v) is 6.73. The van der Waals surface area contributed by atoms with Crippen LogP contribution in [0.4, 0.5) is 0 Å². The first-order valence-corrected chi connectivity index (χ1v) is 7.95. The van der Waals surface area contributed by atoms with Gasteiger partial charge in [0, 0.05) is 13.0 Å². The van der Waals surface area contributed by atoms with Gasteiger partial charge in [-0.1, -0.05) is 0 Å². The van der Waals surface area contributed by atoms with E-state index in [1.165, 1.54) is 18.4 Å². The van der Waals surface area contributed by atoms with Crippen molar-refractivity contribution in [3.8, 4) is 0 Å². The molecule has 0 bridgehead atoms. The molecule has 0 aromatic carbocycles. The van der Waals surface area contributed by atoms with Crippen molar-refractivity contribution in [1.82, 2.24) is 10.6 Å². The van der Waals surface area contributed by atoms with Crippen molar-refractivity contribution in [2.24, 2.45) is 0 Å². The molecule has 1 aromatic heterocycles. The Morgan fingerprint density at radius 3 is 2.67 bits per heavy atom. The van der Waals surface area contributed by atoms with E-state index < -0.39 is 6.04 Å². The van der Waals surface area contributed by atoms with Gasteiger partial charge in [-0.3, -0.25) is 14.4 Å². The first-order valence-electron chi connectivity index (χ1n) is 6.34. The second-order valence-electron chi connectivity index (χ2n) is 4.27. The molecular formula is C13H17BrN2O4S. The van der Waals surface area contributed by atoms with Crippen LogP contribution >= 0.6 is 27.3 Å². The first kappa shape index (κ1) is 17.6. The fraction of sp³-hybridized carbons (Fsp3) is 0.462. The molecule has 21 heavy (non-hydrogen) atoms. The topological polar surface area (TPSA) is 84.5 Å². The molecule has 0 spiro atoms. The van der Waals surface area contributed by atoms with E-state index in [0.29, 0.717) is 17.8 Å². The van der Waals surface area contributed by atoms with Crippen molar-refractivity contribution >= 4 is 45.1 Å². The summed E-state index contributed by atoms with van der Waals surface area (Å²) >= 11 is 4.58. The highest BCUT2D eigenvalue weighted by molar-refractivity contribution is 9.11. The number of carbonyl (C=O) groups is 3. The minimum Gasteiger partial charge on any atom is -0.469 e. The molecule has 0 saturated carbocycles. The van der Waals surface area contributed by atoms with Gasteiger partial charge in [-0.05, 0) is 41.4 Å². The molecule has 0 radical (unpaired) electrons. The van der Waals surface area contributed by atoms with Gasteiger partial charge in [0.25, 0.3) is 5.91 Å². The molecule has 6 nitrogen and oxygen atoms in total. The maximum atomic E-state index is 11.9. The SMILES string of the molecule is COC(=O)CCCNC(=O)[C@H](C)NC(=O)c1ccc(Br)s1. The predicted molar refractivity (Wildman–Crippen MR) is 83.2 cm³/mol. The maximum absolute atomic E-state index is 11.9. The molecule has 116 valence electrons. The van der Waals surface area contributed by atoms with Gasteiger partial charge >= 0.3 is 5.97 Å². The number of esters is 1. The zero-order valence-corrected chi connectivity index (χ0v) is 14.2. The van der Waals surface area contributed by atoms with Crippen molar-refractivity contribution in [3.05, 3.63) is 20.8 Å². The van der Waals surface area contributed by atoms with Crippen LogP contribution in [0.5, 0.6) is 0 Å². The average Bonchev–Trinajstić information content (AvgIpc) is 2.89.